The highest BCUT2D eigenvalue weighted by Crippen LogP contribution is 2.26. The molecule has 3 nitrogen and oxygen atoms in total. The average molecular weight is 177 g/mol. The maximum absolute atomic E-state index is 4.26. The number of aromatic nitrogens is 2. The van der Waals surface area contributed by atoms with Crippen LogP contribution in [0.5, 0.6) is 0 Å². The molecule has 0 radical (unpaired) electrons. The van der Waals surface area contributed by atoms with Gasteiger partial charge in [0.1, 0.15) is 12.1 Å². The van der Waals surface area contributed by atoms with Crippen LogP contribution in [0.25, 0.3) is 0 Å². The van der Waals surface area contributed by atoms with E-state index in [-0.39, 0.29) is 0 Å². The van der Waals surface area contributed by atoms with Crippen LogP contribution in [0, 0.1) is 6.92 Å². The Labute approximate surface area is 78.8 Å². The molecule has 70 valence electrons. The van der Waals surface area contributed by atoms with Crippen LogP contribution >= 0.6 is 0 Å². The zero-order valence-electron chi connectivity index (χ0n) is 8.20. The van der Waals surface area contributed by atoms with Gasteiger partial charge in [-0.15, -0.1) is 0 Å². The van der Waals surface area contributed by atoms with Crippen LogP contribution in [0.2, 0.25) is 0 Å². The predicted molar refractivity (Wildman–Crippen MR) is 52.8 cm³/mol. The molecule has 1 fully saturated rings. The summed E-state index contributed by atoms with van der Waals surface area (Å²) in [6.07, 6.45) is 5.61. The van der Waals surface area contributed by atoms with E-state index in [1.54, 1.807) is 6.33 Å². The predicted octanol–water partition coefficient (Wildman–Crippen LogP) is 1.77. The van der Waals surface area contributed by atoms with E-state index >= 15 is 0 Å². The molecule has 3 heteroatoms. The number of rotatable bonds is 2. The zero-order chi connectivity index (χ0) is 9.26. The van der Waals surface area contributed by atoms with Crippen LogP contribution in [0.4, 0.5) is 5.82 Å². The molecule has 13 heavy (non-hydrogen) atoms. The molecule has 1 aromatic rings. The Bertz CT molecular complexity index is 294. The number of hydrogen-bond donors (Lipinski definition) is 0. The second-order valence-electron chi connectivity index (χ2n) is 3.71. The van der Waals surface area contributed by atoms with E-state index in [0.29, 0.717) is 6.04 Å². The largest absolute Gasteiger partial charge is 0.357 e. The van der Waals surface area contributed by atoms with Gasteiger partial charge in [-0.1, -0.05) is 0 Å². The van der Waals surface area contributed by atoms with Gasteiger partial charge in [0.15, 0.2) is 0 Å². The van der Waals surface area contributed by atoms with Crippen LogP contribution in [0.3, 0.4) is 0 Å². The van der Waals surface area contributed by atoms with Crippen molar-refractivity contribution >= 4 is 5.82 Å². The minimum Gasteiger partial charge on any atom is -0.357 e. The maximum atomic E-state index is 4.26. The van der Waals surface area contributed by atoms with E-state index in [1.807, 2.05) is 13.0 Å². The molecule has 0 amide bonds. The molecule has 0 N–H and O–H groups in total. The van der Waals surface area contributed by atoms with E-state index in [9.17, 15) is 0 Å². The Kier molecular flexibility index (Phi) is 2.17. The lowest BCUT2D eigenvalue weighted by atomic mass is 9.92. The maximum Gasteiger partial charge on any atom is 0.132 e. The summed E-state index contributed by atoms with van der Waals surface area (Å²) in [5.41, 5.74) is 1.04. The van der Waals surface area contributed by atoms with Gasteiger partial charge in [0.05, 0.1) is 0 Å². The van der Waals surface area contributed by atoms with Crippen molar-refractivity contribution in [2.45, 2.75) is 32.2 Å². The first-order valence-electron chi connectivity index (χ1n) is 4.79. The molecule has 0 aromatic carbocycles. The summed E-state index contributed by atoms with van der Waals surface area (Å²) < 4.78 is 0. The molecular weight excluding hydrogens is 162 g/mol. The molecule has 1 aromatic heterocycles. The van der Waals surface area contributed by atoms with Crippen LogP contribution in [-0.4, -0.2) is 23.1 Å². The fourth-order valence-electron chi connectivity index (χ4n) is 1.59. The van der Waals surface area contributed by atoms with Gasteiger partial charge < -0.3 is 4.90 Å². The van der Waals surface area contributed by atoms with Gasteiger partial charge in [-0.3, -0.25) is 0 Å². The monoisotopic (exact) mass is 177 g/mol. The molecule has 0 spiro atoms. The molecule has 1 aliphatic rings. The van der Waals surface area contributed by atoms with Crippen molar-refractivity contribution in [3.63, 3.8) is 0 Å². The molecule has 0 aliphatic heterocycles. The van der Waals surface area contributed by atoms with Gasteiger partial charge >= 0.3 is 0 Å². The van der Waals surface area contributed by atoms with E-state index in [2.05, 4.69) is 21.9 Å². The summed E-state index contributed by atoms with van der Waals surface area (Å²) in [5.74, 6) is 1.05. The lowest BCUT2D eigenvalue weighted by Gasteiger charge is -2.35. The summed E-state index contributed by atoms with van der Waals surface area (Å²) in [7, 11) is 2.12. The highest BCUT2D eigenvalue weighted by molar-refractivity contribution is 5.39. The van der Waals surface area contributed by atoms with Crippen molar-refractivity contribution in [1.29, 1.82) is 0 Å². The standard InChI is InChI=1S/C10H15N3/c1-8-6-10(12-7-11-8)13(2)9-4-3-5-9/h6-7,9H,3-5H2,1-2H3. The Morgan fingerprint density at radius 3 is 2.69 bits per heavy atom. The number of aryl methyl sites for hydroxylation is 1. The SMILES string of the molecule is Cc1cc(N(C)C2CCC2)ncn1. The third-order valence-corrected chi connectivity index (χ3v) is 2.77. The fraction of sp³-hybridized carbons (Fsp3) is 0.600. The van der Waals surface area contributed by atoms with E-state index < -0.39 is 0 Å². The Morgan fingerprint density at radius 1 is 1.38 bits per heavy atom. The van der Waals surface area contributed by atoms with Crippen molar-refractivity contribution in [1.82, 2.24) is 9.97 Å². The molecule has 0 bridgehead atoms. The fourth-order valence-corrected chi connectivity index (χ4v) is 1.59. The summed E-state index contributed by atoms with van der Waals surface area (Å²) in [4.78, 5) is 10.6. The van der Waals surface area contributed by atoms with Gasteiger partial charge in [-0.2, -0.15) is 0 Å². The molecule has 1 aliphatic carbocycles. The Hall–Kier alpha value is -1.12. The van der Waals surface area contributed by atoms with Crippen LogP contribution in [0.1, 0.15) is 25.0 Å². The van der Waals surface area contributed by atoms with Crippen molar-refractivity contribution in [3.8, 4) is 0 Å². The smallest absolute Gasteiger partial charge is 0.132 e. The molecule has 0 saturated heterocycles. The van der Waals surface area contributed by atoms with Gasteiger partial charge in [-0.25, -0.2) is 9.97 Å². The molecule has 1 heterocycles. The quantitative estimate of drug-likeness (QED) is 0.689. The van der Waals surface area contributed by atoms with E-state index in [0.717, 1.165) is 11.5 Å². The normalized spacial score (nSPS) is 16.8. The molecule has 0 atom stereocenters. The van der Waals surface area contributed by atoms with Gasteiger partial charge in [-0.05, 0) is 26.2 Å². The van der Waals surface area contributed by atoms with Crippen molar-refractivity contribution < 1.29 is 0 Å². The lowest BCUT2D eigenvalue weighted by Crippen LogP contribution is -2.37. The number of anilines is 1. The first-order valence-corrected chi connectivity index (χ1v) is 4.79. The van der Waals surface area contributed by atoms with Crippen LogP contribution < -0.4 is 4.90 Å². The second-order valence-corrected chi connectivity index (χ2v) is 3.71. The Morgan fingerprint density at radius 2 is 2.15 bits per heavy atom. The summed E-state index contributed by atoms with van der Waals surface area (Å²) in [5, 5.41) is 0. The van der Waals surface area contributed by atoms with Crippen molar-refractivity contribution in [3.05, 3.63) is 18.1 Å². The van der Waals surface area contributed by atoms with Gasteiger partial charge in [0, 0.05) is 24.8 Å². The minimum absolute atomic E-state index is 0.703. The topological polar surface area (TPSA) is 29.0 Å². The van der Waals surface area contributed by atoms with Crippen LogP contribution in [0.15, 0.2) is 12.4 Å². The minimum atomic E-state index is 0.703. The molecule has 0 unspecified atom stereocenters. The first kappa shape index (κ1) is 8.48. The van der Waals surface area contributed by atoms with Gasteiger partial charge in [0.25, 0.3) is 0 Å². The second kappa shape index (κ2) is 3.32. The zero-order valence-corrected chi connectivity index (χ0v) is 8.20. The number of hydrogen-bond acceptors (Lipinski definition) is 3. The summed E-state index contributed by atoms with van der Waals surface area (Å²) >= 11 is 0. The Balaban J connectivity index is 2.14. The molecular formula is C10H15N3. The average Bonchev–Trinajstić information content (AvgIpc) is 2.01. The summed E-state index contributed by atoms with van der Waals surface area (Å²) in [6, 6.07) is 2.74. The molecule has 1 saturated carbocycles. The highest BCUT2D eigenvalue weighted by Gasteiger charge is 2.22. The molecule has 2 rings (SSSR count). The first-order chi connectivity index (χ1) is 6.27. The van der Waals surface area contributed by atoms with Crippen LogP contribution in [-0.2, 0) is 0 Å². The third-order valence-electron chi connectivity index (χ3n) is 2.77. The van der Waals surface area contributed by atoms with E-state index in [1.165, 1.54) is 19.3 Å². The lowest BCUT2D eigenvalue weighted by molar-refractivity contribution is 0.399. The summed E-state index contributed by atoms with van der Waals surface area (Å²) in [6.45, 7) is 2.00. The third kappa shape index (κ3) is 1.64. The highest BCUT2D eigenvalue weighted by atomic mass is 15.2. The van der Waals surface area contributed by atoms with E-state index in [4.69, 9.17) is 0 Å². The van der Waals surface area contributed by atoms with Crippen molar-refractivity contribution in [2.24, 2.45) is 0 Å². The number of nitrogens with zero attached hydrogens (tertiary/aromatic N) is 3. The van der Waals surface area contributed by atoms with Crippen molar-refractivity contribution in [2.75, 3.05) is 11.9 Å². The van der Waals surface area contributed by atoms with Gasteiger partial charge in [0.2, 0.25) is 0 Å².